The third-order valence-electron chi connectivity index (χ3n) is 2.68. The lowest BCUT2D eigenvalue weighted by Crippen LogP contribution is -2.23. The molecular formula is C10H16N2O. The van der Waals surface area contributed by atoms with Crippen molar-refractivity contribution in [2.75, 3.05) is 13.1 Å². The van der Waals surface area contributed by atoms with E-state index < -0.39 is 0 Å². The van der Waals surface area contributed by atoms with Crippen LogP contribution in [0, 0.1) is 6.92 Å². The van der Waals surface area contributed by atoms with Gasteiger partial charge in [0.2, 0.25) is 5.89 Å². The van der Waals surface area contributed by atoms with Crippen molar-refractivity contribution in [2.45, 2.75) is 32.7 Å². The standard InChI is InChI=1S/C10H16N2O/c1-8-7-11-10(13-8)9(2)12-5-3-4-6-12/h7,9H,3-6H2,1-2H3. The number of hydrogen-bond donors (Lipinski definition) is 0. The normalized spacial score (nSPS) is 20.8. The first-order chi connectivity index (χ1) is 6.27. The van der Waals surface area contributed by atoms with Crippen LogP contribution in [0.5, 0.6) is 0 Å². The van der Waals surface area contributed by atoms with Crippen LogP contribution >= 0.6 is 0 Å². The van der Waals surface area contributed by atoms with Crippen LogP contribution < -0.4 is 0 Å². The van der Waals surface area contributed by atoms with Crippen LogP contribution in [0.4, 0.5) is 0 Å². The molecule has 2 heterocycles. The Morgan fingerprint density at radius 3 is 2.69 bits per heavy atom. The summed E-state index contributed by atoms with van der Waals surface area (Å²) in [4.78, 5) is 6.67. The second kappa shape index (κ2) is 3.50. The number of hydrogen-bond acceptors (Lipinski definition) is 3. The van der Waals surface area contributed by atoms with Crippen LogP contribution in [-0.4, -0.2) is 23.0 Å². The Morgan fingerprint density at radius 1 is 1.46 bits per heavy atom. The molecule has 3 nitrogen and oxygen atoms in total. The maximum absolute atomic E-state index is 5.50. The molecule has 1 unspecified atom stereocenters. The SMILES string of the molecule is Cc1cnc(C(C)N2CCCC2)o1. The zero-order chi connectivity index (χ0) is 9.26. The van der Waals surface area contributed by atoms with Crippen LogP contribution in [0.3, 0.4) is 0 Å². The molecule has 0 aliphatic carbocycles. The molecule has 1 aliphatic rings. The van der Waals surface area contributed by atoms with Gasteiger partial charge >= 0.3 is 0 Å². The number of aromatic nitrogens is 1. The molecule has 1 saturated heterocycles. The van der Waals surface area contributed by atoms with Crippen molar-refractivity contribution in [2.24, 2.45) is 0 Å². The zero-order valence-electron chi connectivity index (χ0n) is 8.29. The molecule has 1 aliphatic heterocycles. The summed E-state index contributed by atoms with van der Waals surface area (Å²) < 4.78 is 5.50. The van der Waals surface area contributed by atoms with Crippen molar-refractivity contribution >= 4 is 0 Å². The molecule has 1 aromatic rings. The monoisotopic (exact) mass is 180 g/mol. The zero-order valence-corrected chi connectivity index (χ0v) is 8.29. The van der Waals surface area contributed by atoms with Crippen molar-refractivity contribution in [3.05, 3.63) is 17.8 Å². The predicted octanol–water partition coefficient (Wildman–Crippen LogP) is 2.14. The summed E-state index contributed by atoms with van der Waals surface area (Å²) in [6.07, 6.45) is 4.41. The van der Waals surface area contributed by atoms with Gasteiger partial charge in [-0.3, -0.25) is 4.90 Å². The first kappa shape index (κ1) is 8.75. The van der Waals surface area contributed by atoms with Crippen LogP contribution in [-0.2, 0) is 0 Å². The average molecular weight is 180 g/mol. The van der Waals surface area contributed by atoms with Gasteiger partial charge in [0.15, 0.2) is 0 Å². The molecule has 0 bridgehead atoms. The van der Waals surface area contributed by atoms with Gasteiger partial charge in [0.05, 0.1) is 12.2 Å². The fraction of sp³-hybridized carbons (Fsp3) is 0.700. The summed E-state index contributed by atoms with van der Waals surface area (Å²) in [5, 5.41) is 0. The van der Waals surface area contributed by atoms with Crippen LogP contribution in [0.25, 0.3) is 0 Å². The Balaban J connectivity index is 2.07. The highest BCUT2D eigenvalue weighted by atomic mass is 16.4. The van der Waals surface area contributed by atoms with E-state index in [1.165, 1.54) is 25.9 Å². The van der Waals surface area contributed by atoms with Gasteiger partial charge in [0.25, 0.3) is 0 Å². The third-order valence-corrected chi connectivity index (χ3v) is 2.68. The summed E-state index contributed by atoms with van der Waals surface area (Å²) in [6.45, 7) is 6.47. The quantitative estimate of drug-likeness (QED) is 0.698. The molecule has 0 radical (unpaired) electrons. The number of nitrogens with zero attached hydrogens (tertiary/aromatic N) is 2. The van der Waals surface area contributed by atoms with Gasteiger partial charge in [-0.05, 0) is 39.8 Å². The highest BCUT2D eigenvalue weighted by molar-refractivity contribution is 4.96. The van der Waals surface area contributed by atoms with E-state index in [4.69, 9.17) is 4.42 Å². The van der Waals surface area contributed by atoms with Crippen molar-refractivity contribution in [1.29, 1.82) is 0 Å². The molecule has 0 saturated carbocycles. The Kier molecular flexibility index (Phi) is 2.36. The summed E-state index contributed by atoms with van der Waals surface area (Å²) in [5.41, 5.74) is 0. The first-order valence-electron chi connectivity index (χ1n) is 4.94. The Hall–Kier alpha value is -0.830. The minimum absolute atomic E-state index is 0.344. The molecule has 1 aromatic heterocycles. The summed E-state index contributed by atoms with van der Waals surface area (Å²) in [7, 11) is 0. The largest absolute Gasteiger partial charge is 0.444 e. The molecule has 1 fully saturated rings. The molecule has 72 valence electrons. The lowest BCUT2D eigenvalue weighted by molar-refractivity contribution is 0.223. The first-order valence-corrected chi connectivity index (χ1v) is 4.94. The minimum Gasteiger partial charge on any atom is -0.444 e. The molecule has 3 heteroatoms. The Bertz CT molecular complexity index is 276. The molecule has 0 spiro atoms. The van der Waals surface area contributed by atoms with Gasteiger partial charge in [0, 0.05) is 0 Å². The van der Waals surface area contributed by atoms with E-state index in [0.29, 0.717) is 6.04 Å². The summed E-state index contributed by atoms with van der Waals surface area (Å²) in [5.74, 6) is 1.76. The van der Waals surface area contributed by atoms with E-state index in [1.807, 2.05) is 6.92 Å². The minimum atomic E-state index is 0.344. The summed E-state index contributed by atoms with van der Waals surface area (Å²) >= 11 is 0. The van der Waals surface area contributed by atoms with Crippen molar-refractivity contribution < 1.29 is 4.42 Å². The lowest BCUT2D eigenvalue weighted by atomic mass is 10.3. The second-order valence-electron chi connectivity index (χ2n) is 3.73. The number of oxazole rings is 1. The molecule has 1 atom stereocenters. The van der Waals surface area contributed by atoms with Crippen LogP contribution in [0.15, 0.2) is 10.6 Å². The van der Waals surface area contributed by atoms with E-state index in [2.05, 4.69) is 16.8 Å². The van der Waals surface area contributed by atoms with Crippen molar-refractivity contribution in [3.63, 3.8) is 0 Å². The summed E-state index contributed by atoms with van der Waals surface area (Å²) in [6, 6.07) is 0.344. The van der Waals surface area contributed by atoms with E-state index in [0.717, 1.165) is 11.7 Å². The van der Waals surface area contributed by atoms with Crippen molar-refractivity contribution in [1.82, 2.24) is 9.88 Å². The van der Waals surface area contributed by atoms with E-state index in [-0.39, 0.29) is 0 Å². The highest BCUT2D eigenvalue weighted by Gasteiger charge is 2.22. The Morgan fingerprint density at radius 2 is 2.15 bits per heavy atom. The van der Waals surface area contributed by atoms with E-state index >= 15 is 0 Å². The predicted molar refractivity (Wildman–Crippen MR) is 50.5 cm³/mol. The number of rotatable bonds is 2. The second-order valence-corrected chi connectivity index (χ2v) is 3.73. The van der Waals surface area contributed by atoms with Gasteiger partial charge < -0.3 is 4.42 Å². The third kappa shape index (κ3) is 1.75. The van der Waals surface area contributed by atoms with Gasteiger partial charge in [0.1, 0.15) is 5.76 Å². The maximum atomic E-state index is 5.50. The smallest absolute Gasteiger partial charge is 0.211 e. The molecule has 0 N–H and O–H groups in total. The molecule has 0 aromatic carbocycles. The maximum Gasteiger partial charge on any atom is 0.211 e. The van der Waals surface area contributed by atoms with Gasteiger partial charge in [-0.25, -0.2) is 4.98 Å². The molecule has 13 heavy (non-hydrogen) atoms. The van der Waals surface area contributed by atoms with E-state index in [9.17, 15) is 0 Å². The fourth-order valence-electron chi connectivity index (χ4n) is 1.85. The topological polar surface area (TPSA) is 29.3 Å². The van der Waals surface area contributed by atoms with Crippen molar-refractivity contribution in [3.8, 4) is 0 Å². The molecule has 0 amide bonds. The molecule has 2 rings (SSSR count). The Labute approximate surface area is 78.8 Å². The van der Waals surface area contributed by atoms with Crippen LogP contribution in [0.2, 0.25) is 0 Å². The fourth-order valence-corrected chi connectivity index (χ4v) is 1.85. The lowest BCUT2D eigenvalue weighted by Gasteiger charge is -2.20. The van der Waals surface area contributed by atoms with E-state index in [1.54, 1.807) is 6.20 Å². The molecular weight excluding hydrogens is 164 g/mol. The number of aryl methyl sites for hydroxylation is 1. The van der Waals surface area contributed by atoms with Crippen LogP contribution in [0.1, 0.15) is 37.5 Å². The van der Waals surface area contributed by atoms with Gasteiger partial charge in [-0.15, -0.1) is 0 Å². The van der Waals surface area contributed by atoms with Gasteiger partial charge in [-0.1, -0.05) is 0 Å². The average Bonchev–Trinajstić information content (AvgIpc) is 2.72. The van der Waals surface area contributed by atoms with Gasteiger partial charge in [-0.2, -0.15) is 0 Å². The highest BCUT2D eigenvalue weighted by Crippen LogP contribution is 2.23. The number of likely N-dealkylation sites (tertiary alicyclic amines) is 1.